The molecule has 9 heterocycles. The number of fused-ring (bicyclic) bond motifs is 3. The highest BCUT2D eigenvalue weighted by Crippen LogP contribution is 2.19. The number of ether oxygens (including phenoxy) is 1. The van der Waals surface area contributed by atoms with Crippen LogP contribution in [0.1, 0.15) is 13.8 Å². The fourth-order valence-electron chi connectivity index (χ4n) is 5.32. The SMILES string of the molecule is CCOc1cc[n+](-c2nc(N)nc3nc[nH]c23)cc1.CCn1cnc2c(-n3ccc(=O)cc3)nc(N)nc21.Nc1nc(-n2ccc(=O)cc2)c2[nH]cnc2n1. The van der Waals surface area contributed by atoms with Crippen LogP contribution in [-0.2, 0) is 6.54 Å². The second-order valence-electron chi connectivity index (χ2n) is 11.4. The number of nitrogens with two attached hydrogens (primary N) is 3. The van der Waals surface area contributed by atoms with Crippen LogP contribution in [0.15, 0.2) is 102 Å². The molecule has 0 aliphatic heterocycles. The maximum Gasteiger partial charge on any atom is 0.359 e. The number of aromatic amines is 2. The van der Waals surface area contributed by atoms with E-state index in [2.05, 4.69) is 54.8 Å². The maximum atomic E-state index is 11.1. The van der Waals surface area contributed by atoms with E-state index in [9.17, 15) is 9.59 Å². The minimum absolute atomic E-state index is 0.0615. The quantitative estimate of drug-likeness (QED) is 0.150. The summed E-state index contributed by atoms with van der Waals surface area (Å²) < 4.78 is 12.5. The van der Waals surface area contributed by atoms with Crippen molar-refractivity contribution < 1.29 is 9.30 Å². The lowest BCUT2D eigenvalue weighted by Crippen LogP contribution is -2.31. The highest BCUT2D eigenvalue weighted by atomic mass is 16.5. The van der Waals surface area contributed by atoms with E-state index in [1.807, 2.05) is 47.5 Å². The van der Waals surface area contributed by atoms with Gasteiger partial charge in [-0.1, -0.05) is 0 Å². The molecule has 0 aromatic carbocycles. The van der Waals surface area contributed by atoms with Crippen LogP contribution in [0.3, 0.4) is 0 Å². The van der Waals surface area contributed by atoms with E-state index >= 15 is 0 Å². The van der Waals surface area contributed by atoms with Gasteiger partial charge in [-0.3, -0.25) is 9.59 Å². The molecule has 0 unspecified atom stereocenters. The first-order valence-electron chi connectivity index (χ1n) is 16.6. The van der Waals surface area contributed by atoms with Gasteiger partial charge in [-0.05, 0) is 13.8 Å². The van der Waals surface area contributed by atoms with Gasteiger partial charge in [-0.25, -0.2) is 19.5 Å². The molecule has 0 saturated heterocycles. The fourth-order valence-corrected chi connectivity index (χ4v) is 5.32. The Morgan fingerprint density at radius 1 is 0.673 bits per heavy atom. The number of hydrogen-bond donors (Lipinski definition) is 5. The Morgan fingerprint density at radius 2 is 1.22 bits per heavy atom. The van der Waals surface area contributed by atoms with Crippen LogP contribution in [0, 0.1) is 0 Å². The van der Waals surface area contributed by atoms with Crippen molar-refractivity contribution in [1.29, 1.82) is 0 Å². The van der Waals surface area contributed by atoms with Crippen LogP contribution >= 0.6 is 0 Å². The van der Waals surface area contributed by atoms with Crippen LogP contribution in [0.25, 0.3) is 50.9 Å². The summed E-state index contributed by atoms with van der Waals surface area (Å²) in [5.74, 6) is 3.09. The number of imidazole rings is 3. The molecule has 0 spiro atoms. The van der Waals surface area contributed by atoms with Crippen molar-refractivity contribution >= 4 is 51.3 Å². The molecule has 9 aromatic heterocycles. The van der Waals surface area contributed by atoms with Gasteiger partial charge in [-0.2, -0.15) is 24.9 Å². The minimum atomic E-state index is -0.0656. The van der Waals surface area contributed by atoms with Crippen molar-refractivity contribution in [3.63, 3.8) is 0 Å². The monoisotopic (exact) mass is 741 g/mol. The normalized spacial score (nSPS) is 10.9. The molecule has 0 atom stereocenters. The molecule has 276 valence electrons. The molecule has 9 rings (SSSR count). The van der Waals surface area contributed by atoms with E-state index in [1.54, 1.807) is 46.6 Å². The summed E-state index contributed by atoms with van der Waals surface area (Å²) >= 11 is 0. The smallest absolute Gasteiger partial charge is 0.359 e. The summed E-state index contributed by atoms with van der Waals surface area (Å²) in [5, 5.41) is 0. The van der Waals surface area contributed by atoms with E-state index in [-0.39, 0.29) is 28.7 Å². The first-order chi connectivity index (χ1) is 26.7. The molecule has 8 N–H and O–H groups in total. The van der Waals surface area contributed by atoms with Crippen LogP contribution < -0.4 is 37.4 Å². The molecule has 0 bridgehead atoms. The Balaban J connectivity index is 0.000000127. The molecular weight excluding hydrogens is 708 g/mol. The van der Waals surface area contributed by atoms with E-state index in [0.29, 0.717) is 52.0 Å². The summed E-state index contributed by atoms with van der Waals surface area (Å²) in [6.45, 7) is 5.32. The molecular formula is C34H33N18O3+. The molecule has 0 amide bonds. The molecule has 21 nitrogen and oxygen atoms in total. The molecule has 0 fully saturated rings. The fraction of sp³-hybridized carbons (Fsp3) is 0.118. The largest absolute Gasteiger partial charge is 0.494 e. The standard InChI is InChI=1S/C12H12N6O.C12H13N6O.C10H8N6O/c1-2-17-7-14-9-10(17)15-12(13)16-11(9)18-5-3-8(19)4-6-18;1-2-19-8-3-5-18(6-4-8)11-9-10(15-7-14-9)16-12(13)17-11;11-10-14-8-7(12-5-13-8)9(15-10)16-3-1-6(17)2-4-16/h3-7H,2H2,1H3,(H2,13,15,16);3-7H,2H2,1H3,(H3,13,14,15,16,17);1-5H,(H3,11,12,13,14,15)/q;+1;. The molecule has 0 saturated carbocycles. The highest BCUT2D eigenvalue weighted by molar-refractivity contribution is 5.80. The van der Waals surface area contributed by atoms with Gasteiger partial charge in [0.05, 0.1) is 38.0 Å². The molecule has 0 aliphatic rings. The zero-order chi connectivity index (χ0) is 38.5. The zero-order valence-electron chi connectivity index (χ0n) is 29.3. The summed E-state index contributed by atoms with van der Waals surface area (Å²) in [4.78, 5) is 65.4. The number of nitrogens with one attached hydrogen (secondary N) is 2. The lowest BCUT2D eigenvalue weighted by Gasteiger charge is -2.06. The molecule has 21 heteroatoms. The van der Waals surface area contributed by atoms with E-state index in [0.717, 1.165) is 17.8 Å². The topological polar surface area (TPSA) is 288 Å². The molecule has 0 radical (unpaired) electrons. The Bertz CT molecular complexity index is 2830. The van der Waals surface area contributed by atoms with Gasteiger partial charge in [0.25, 0.3) is 0 Å². The Hall–Kier alpha value is -8.10. The summed E-state index contributed by atoms with van der Waals surface area (Å²) in [5.41, 5.74) is 20.7. The van der Waals surface area contributed by atoms with Gasteiger partial charge >= 0.3 is 11.8 Å². The second-order valence-corrected chi connectivity index (χ2v) is 11.4. The first-order valence-corrected chi connectivity index (χ1v) is 16.6. The van der Waals surface area contributed by atoms with Gasteiger partial charge in [0.2, 0.25) is 11.9 Å². The van der Waals surface area contributed by atoms with E-state index in [1.165, 1.54) is 30.6 Å². The summed E-state index contributed by atoms with van der Waals surface area (Å²) in [7, 11) is 0. The molecule has 55 heavy (non-hydrogen) atoms. The second kappa shape index (κ2) is 15.2. The van der Waals surface area contributed by atoms with Crippen LogP contribution in [0.5, 0.6) is 5.75 Å². The third-order valence-corrected chi connectivity index (χ3v) is 7.81. The Morgan fingerprint density at radius 3 is 1.84 bits per heavy atom. The summed E-state index contributed by atoms with van der Waals surface area (Å²) in [6, 6.07) is 9.54. The van der Waals surface area contributed by atoms with Gasteiger partial charge in [0.1, 0.15) is 11.3 Å². The van der Waals surface area contributed by atoms with E-state index in [4.69, 9.17) is 21.9 Å². The number of H-pyrrole nitrogens is 2. The van der Waals surface area contributed by atoms with Gasteiger partial charge in [-0.15, -0.1) is 0 Å². The highest BCUT2D eigenvalue weighted by Gasteiger charge is 2.19. The average Bonchev–Trinajstić information content (AvgIpc) is 3.96. The predicted molar refractivity (Wildman–Crippen MR) is 201 cm³/mol. The predicted octanol–water partition coefficient (Wildman–Crippen LogP) is 1.28. The number of pyridine rings is 3. The minimum Gasteiger partial charge on any atom is -0.494 e. The number of rotatable bonds is 6. The number of anilines is 3. The van der Waals surface area contributed by atoms with Crippen molar-refractivity contribution in [3.8, 4) is 23.2 Å². The number of nitrogen functional groups attached to an aromatic ring is 3. The number of aromatic nitrogens is 15. The van der Waals surface area contributed by atoms with Gasteiger partial charge in [0.15, 0.2) is 50.5 Å². The Kier molecular flexibility index (Phi) is 9.79. The van der Waals surface area contributed by atoms with Crippen LogP contribution in [0.2, 0.25) is 0 Å². The van der Waals surface area contributed by atoms with Crippen LogP contribution in [0.4, 0.5) is 17.8 Å². The number of hydrogen-bond acceptors (Lipinski definition) is 15. The summed E-state index contributed by atoms with van der Waals surface area (Å²) in [6.07, 6.45) is 15.0. The van der Waals surface area contributed by atoms with Gasteiger partial charge < -0.3 is 45.6 Å². The molecule has 9 aromatic rings. The zero-order valence-corrected chi connectivity index (χ0v) is 29.3. The van der Waals surface area contributed by atoms with Crippen molar-refractivity contribution in [2.24, 2.45) is 0 Å². The van der Waals surface area contributed by atoms with Crippen LogP contribution in [-0.4, -0.2) is 75.1 Å². The number of nitrogens with zero attached hydrogens (tertiary/aromatic N) is 13. The van der Waals surface area contributed by atoms with Crippen molar-refractivity contribution in [2.75, 3.05) is 23.8 Å². The van der Waals surface area contributed by atoms with Crippen molar-refractivity contribution in [1.82, 2.24) is 68.5 Å². The third kappa shape index (κ3) is 7.60. The maximum absolute atomic E-state index is 11.1. The van der Waals surface area contributed by atoms with E-state index < -0.39 is 0 Å². The lowest BCUT2D eigenvalue weighted by molar-refractivity contribution is -0.598. The van der Waals surface area contributed by atoms with Gasteiger partial charge in [0, 0.05) is 72.7 Å². The first kappa shape index (κ1) is 35.3. The van der Waals surface area contributed by atoms with Crippen molar-refractivity contribution in [2.45, 2.75) is 20.4 Å². The average molecular weight is 742 g/mol. The number of aryl methyl sites for hydroxylation is 1. The third-order valence-electron chi connectivity index (χ3n) is 7.81. The molecule has 0 aliphatic carbocycles. The lowest BCUT2D eigenvalue weighted by atomic mass is 10.4. The Labute approximate surface area is 309 Å². The van der Waals surface area contributed by atoms with Crippen molar-refractivity contribution in [3.05, 3.63) is 113 Å².